The molecular formula is C19H17F3N2O3. The average Bonchev–Trinajstić information content (AvgIpc) is 3.01. The minimum atomic E-state index is -4.81. The number of fused-ring (bicyclic) bond motifs is 1. The van der Waals surface area contributed by atoms with Gasteiger partial charge in [-0.3, -0.25) is 9.59 Å². The van der Waals surface area contributed by atoms with E-state index in [0.29, 0.717) is 24.0 Å². The summed E-state index contributed by atoms with van der Waals surface area (Å²) in [5.74, 6) is -1.47. The van der Waals surface area contributed by atoms with Crippen molar-refractivity contribution in [2.24, 2.45) is 5.73 Å². The van der Waals surface area contributed by atoms with E-state index in [1.165, 1.54) is 17.0 Å². The predicted octanol–water partition coefficient (Wildman–Crippen LogP) is 3.20. The third-order valence-electron chi connectivity index (χ3n) is 4.38. The first kappa shape index (κ1) is 18.8. The highest BCUT2D eigenvalue weighted by Gasteiger charge is 2.35. The number of alkyl halides is 3. The zero-order valence-electron chi connectivity index (χ0n) is 14.2. The van der Waals surface area contributed by atoms with Crippen molar-refractivity contribution in [1.29, 1.82) is 0 Å². The van der Waals surface area contributed by atoms with Crippen LogP contribution in [0.2, 0.25) is 0 Å². The fourth-order valence-corrected chi connectivity index (χ4v) is 3.32. The number of hydrogen-bond acceptors (Lipinski definition) is 3. The minimum Gasteiger partial charge on any atom is -0.406 e. The molecule has 2 aromatic carbocycles. The van der Waals surface area contributed by atoms with E-state index >= 15 is 0 Å². The van der Waals surface area contributed by atoms with Gasteiger partial charge < -0.3 is 15.4 Å². The molecule has 2 N–H and O–H groups in total. The summed E-state index contributed by atoms with van der Waals surface area (Å²) in [4.78, 5) is 25.7. The minimum absolute atomic E-state index is 0.331. The Bertz CT molecular complexity index is 853. The quantitative estimate of drug-likeness (QED) is 0.868. The number of carbonyl (C=O) groups excluding carboxylic acids is 2. The number of nitrogens with zero attached hydrogens (tertiary/aromatic N) is 1. The second kappa shape index (κ2) is 7.30. The van der Waals surface area contributed by atoms with Gasteiger partial charge in [0.2, 0.25) is 5.91 Å². The number of rotatable bonds is 5. The summed E-state index contributed by atoms with van der Waals surface area (Å²) in [7, 11) is 0. The monoisotopic (exact) mass is 378 g/mol. The lowest BCUT2D eigenvalue weighted by Crippen LogP contribution is -2.40. The molecule has 0 aromatic heterocycles. The van der Waals surface area contributed by atoms with E-state index in [9.17, 15) is 22.8 Å². The molecule has 142 valence electrons. The van der Waals surface area contributed by atoms with Gasteiger partial charge in [0.15, 0.2) is 0 Å². The summed E-state index contributed by atoms with van der Waals surface area (Å²) in [6.07, 6.45) is -3.75. The molecule has 0 radical (unpaired) electrons. The Morgan fingerprint density at radius 2 is 1.85 bits per heavy atom. The van der Waals surface area contributed by atoms with E-state index in [4.69, 9.17) is 5.73 Å². The Morgan fingerprint density at radius 3 is 2.48 bits per heavy atom. The van der Waals surface area contributed by atoms with E-state index in [1.54, 1.807) is 36.4 Å². The van der Waals surface area contributed by atoms with Crippen LogP contribution in [0.15, 0.2) is 48.5 Å². The maximum Gasteiger partial charge on any atom is 0.573 e. The standard InChI is InChI=1S/C19H17F3N2O3/c20-19(21,22)27-14-8-6-12-7-9-16(15(12)10-14)24(11-17(23)25)18(26)13-4-2-1-3-5-13/h1-6,8,10,16H,7,9,11H2,(H2,23,25)/t16-/m1/s1. The van der Waals surface area contributed by atoms with Crippen LogP contribution in [0.25, 0.3) is 0 Å². The van der Waals surface area contributed by atoms with Crippen molar-refractivity contribution in [3.05, 3.63) is 65.2 Å². The van der Waals surface area contributed by atoms with Crippen LogP contribution in [0.4, 0.5) is 13.2 Å². The highest BCUT2D eigenvalue weighted by Crippen LogP contribution is 2.39. The van der Waals surface area contributed by atoms with E-state index in [-0.39, 0.29) is 12.3 Å². The number of primary amides is 1. The number of hydrogen-bond donors (Lipinski definition) is 1. The smallest absolute Gasteiger partial charge is 0.406 e. The summed E-state index contributed by atoms with van der Waals surface area (Å²) in [5, 5.41) is 0. The van der Waals surface area contributed by atoms with Crippen LogP contribution in [0, 0.1) is 0 Å². The fourth-order valence-electron chi connectivity index (χ4n) is 3.32. The summed E-state index contributed by atoms with van der Waals surface area (Å²) >= 11 is 0. The molecule has 0 saturated carbocycles. The van der Waals surface area contributed by atoms with Gasteiger partial charge in [-0.25, -0.2) is 0 Å². The van der Waals surface area contributed by atoms with E-state index in [1.807, 2.05) is 0 Å². The highest BCUT2D eigenvalue weighted by molar-refractivity contribution is 5.96. The number of ether oxygens (including phenoxy) is 1. The second-order valence-corrected chi connectivity index (χ2v) is 6.23. The fraction of sp³-hybridized carbons (Fsp3) is 0.263. The lowest BCUT2D eigenvalue weighted by Gasteiger charge is -2.29. The first-order valence-electron chi connectivity index (χ1n) is 8.27. The number of amides is 2. The summed E-state index contributed by atoms with van der Waals surface area (Å²) in [6.45, 7) is -0.331. The molecule has 0 unspecified atom stereocenters. The van der Waals surface area contributed by atoms with Crippen molar-refractivity contribution >= 4 is 11.8 Å². The summed E-state index contributed by atoms with van der Waals surface area (Å²) in [5.41, 5.74) is 7.01. The van der Waals surface area contributed by atoms with E-state index in [2.05, 4.69) is 4.74 Å². The number of halogens is 3. The molecule has 0 spiro atoms. The lowest BCUT2D eigenvalue weighted by atomic mass is 10.0. The van der Waals surface area contributed by atoms with Crippen LogP contribution >= 0.6 is 0 Å². The van der Waals surface area contributed by atoms with Crippen LogP contribution in [0.3, 0.4) is 0 Å². The van der Waals surface area contributed by atoms with Gasteiger partial charge in [0, 0.05) is 5.56 Å². The first-order chi connectivity index (χ1) is 12.7. The van der Waals surface area contributed by atoms with E-state index < -0.39 is 24.2 Å². The Balaban J connectivity index is 1.95. The van der Waals surface area contributed by atoms with Gasteiger partial charge in [0.05, 0.1) is 6.04 Å². The normalized spacial score (nSPS) is 15.9. The molecular weight excluding hydrogens is 361 g/mol. The molecule has 1 aliphatic carbocycles. The van der Waals surface area contributed by atoms with Crippen LogP contribution < -0.4 is 10.5 Å². The van der Waals surface area contributed by atoms with Crippen LogP contribution in [-0.2, 0) is 11.2 Å². The van der Waals surface area contributed by atoms with E-state index in [0.717, 1.165) is 5.56 Å². The largest absolute Gasteiger partial charge is 0.573 e. The van der Waals surface area contributed by atoms with Crippen molar-refractivity contribution in [2.75, 3.05) is 6.54 Å². The van der Waals surface area contributed by atoms with Crippen LogP contribution in [0.1, 0.15) is 33.9 Å². The third kappa shape index (κ3) is 4.39. The molecule has 5 nitrogen and oxygen atoms in total. The summed E-state index contributed by atoms with van der Waals surface area (Å²) in [6, 6.07) is 11.8. The Hall–Kier alpha value is -3.03. The molecule has 0 bridgehead atoms. The molecule has 2 amide bonds. The molecule has 3 rings (SSSR count). The van der Waals surface area contributed by atoms with Gasteiger partial charge >= 0.3 is 6.36 Å². The molecule has 0 aliphatic heterocycles. The molecule has 1 atom stereocenters. The van der Waals surface area contributed by atoms with Crippen LogP contribution in [0.5, 0.6) is 5.75 Å². The lowest BCUT2D eigenvalue weighted by molar-refractivity contribution is -0.274. The Morgan fingerprint density at radius 1 is 1.15 bits per heavy atom. The van der Waals surface area contributed by atoms with Crippen molar-refractivity contribution in [3.8, 4) is 5.75 Å². The van der Waals surface area contributed by atoms with Gasteiger partial charge in [0.1, 0.15) is 12.3 Å². The third-order valence-corrected chi connectivity index (χ3v) is 4.38. The number of carbonyl (C=O) groups is 2. The van der Waals surface area contributed by atoms with Gasteiger partial charge in [-0.05, 0) is 48.2 Å². The van der Waals surface area contributed by atoms with Gasteiger partial charge in [-0.15, -0.1) is 13.2 Å². The molecule has 27 heavy (non-hydrogen) atoms. The van der Waals surface area contributed by atoms with Crippen molar-refractivity contribution < 1.29 is 27.5 Å². The highest BCUT2D eigenvalue weighted by atomic mass is 19.4. The molecule has 8 heteroatoms. The molecule has 0 heterocycles. The molecule has 1 aliphatic rings. The predicted molar refractivity (Wildman–Crippen MR) is 90.9 cm³/mol. The molecule has 2 aromatic rings. The number of nitrogens with two attached hydrogens (primary N) is 1. The zero-order valence-corrected chi connectivity index (χ0v) is 14.2. The van der Waals surface area contributed by atoms with Gasteiger partial charge in [-0.1, -0.05) is 24.3 Å². The van der Waals surface area contributed by atoms with Crippen molar-refractivity contribution in [1.82, 2.24) is 4.90 Å². The SMILES string of the molecule is NC(=O)CN(C(=O)c1ccccc1)[C@@H]1CCc2ccc(OC(F)(F)F)cc21. The van der Waals surface area contributed by atoms with Gasteiger partial charge in [-0.2, -0.15) is 0 Å². The maximum absolute atomic E-state index is 12.9. The topological polar surface area (TPSA) is 72.6 Å². The Kier molecular flexibility index (Phi) is 5.07. The van der Waals surface area contributed by atoms with Gasteiger partial charge in [0.25, 0.3) is 5.91 Å². The van der Waals surface area contributed by atoms with Crippen molar-refractivity contribution in [3.63, 3.8) is 0 Å². The maximum atomic E-state index is 12.9. The summed E-state index contributed by atoms with van der Waals surface area (Å²) < 4.78 is 41.6. The number of aryl methyl sites for hydroxylation is 1. The molecule has 0 saturated heterocycles. The Labute approximate surface area is 153 Å². The zero-order chi connectivity index (χ0) is 19.6. The second-order valence-electron chi connectivity index (χ2n) is 6.23. The van der Waals surface area contributed by atoms with Crippen molar-refractivity contribution in [2.45, 2.75) is 25.2 Å². The van der Waals surface area contributed by atoms with Crippen LogP contribution in [-0.4, -0.2) is 29.6 Å². The average molecular weight is 378 g/mol. The number of benzene rings is 2. The first-order valence-corrected chi connectivity index (χ1v) is 8.27. The molecule has 0 fully saturated rings.